The molecule has 0 aromatic heterocycles. The first kappa shape index (κ1) is 21.4. The van der Waals surface area contributed by atoms with Crippen LogP contribution in [0.4, 0.5) is 5.69 Å². The molecule has 3 N–H and O–H groups in total. The summed E-state index contributed by atoms with van der Waals surface area (Å²) < 4.78 is 36.5. The molecule has 10 heteroatoms. The quantitative estimate of drug-likeness (QED) is 0.376. The van der Waals surface area contributed by atoms with Gasteiger partial charge in [0.25, 0.3) is 0 Å². The second kappa shape index (κ2) is 9.32. The molecule has 0 spiro atoms. The normalized spacial score (nSPS) is 11.1. The molecule has 2 rings (SSSR count). The van der Waals surface area contributed by atoms with Crippen molar-refractivity contribution in [2.45, 2.75) is 11.3 Å². The van der Waals surface area contributed by atoms with Gasteiger partial charge in [-0.3, -0.25) is 0 Å². The number of nitrogens with two attached hydrogens (primary N) is 1. The number of sulfonamides is 1. The summed E-state index contributed by atoms with van der Waals surface area (Å²) in [6, 6.07) is 9.52. The molecule has 27 heavy (non-hydrogen) atoms. The third-order valence-electron chi connectivity index (χ3n) is 3.61. The fourth-order valence-corrected chi connectivity index (χ4v) is 4.00. The van der Waals surface area contributed by atoms with Gasteiger partial charge in [-0.1, -0.05) is 29.6 Å². The van der Waals surface area contributed by atoms with Crippen LogP contribution in [0.2, 0.25) is 5.02 Å². The van der Waals surface area contributed by atoms with E-state index in [2.05, 4.69) is 9.46 Å². The number of carbonyl (C=O) groups excluding carboxylic acids is 1. The van der Waals surface area contributed by atoms with Crippen molar-refractivity contribution in [3.8, 4) is 5.75 Å². The summed E-state index contributed by atoms with van der Waals surface area (Å²) in [5, 5.41) is 5.85. The van der Waals surface area contributed by atoms with Crippen LogP contribution < -0.4 is 14.6 Å². The average Bonchev–Trinajstić information content (AvgIpc) is 2.64. The van der Waals surface area contributed by atoms with Gasteiger partial charge >= 0.3 is 5.97 Å². The number of hydrogen-bond donors (Lipinski definition) is 2. The van der Waals surface area contributed by atoms with Crippen LogP contribution >= 0.6 is 23.5 Å². The molecule has 0 fully saturated rings. The SMILES string of the molecule is COC(=O)c1ccc(NSCCc2ccc(Cl)cc2OC)c(S(N)(=O)=O)c1. The minimum Gasteiger partial charge on any atom is -0.496 e. The van der Waals surface area contributed by atoms with E-state index in [0.29, 0.717) is 28.6 Å². The Balaban J connectivity index is 2.08. The lowest BCUT2D eigenvalue weighted by Crippen LogP contribution is -2.15. The molecule has 0 unspecified atom stereocenters. The minimum atomic E-state index is -4.02. The van der Waals surface area contributed by atoms with Crippen molar-refractivity contribution in [3.05, 3.63) is 52.5 Å². The maximum Gasteiger partial charge on any atom is 0.337 e. The molecule has 0 aliphatic rings. The number of carbonyl (C=O) groups is 1. The lowest BCUT2D eigenvalue weighted by Gasteiger charge is -2.12. The van der Waals surface area contributed by atoms with E-state index in [1.807, 2.05) is 6.07 Å². The lowest BCUT2D eigenvalue weighted by atomic mass is 10.1. The molecule has 0 aliphatic heterocycles. The Morgan fingerprint density at radius 3 is 2.59 bits per heavy atom. The van der Waals surface area contributed by atoms with Gasteiger partial charge in [0.05, 0.1) is 25.5 Å². The Hall–Kier alpha value is -1.94. The summed E-state index contributed by atoms with van der Waals surface area (Å²) in [5.41, 5.74) is 1.37. The van der Waals surface area contributed by atoms with Crippen LogP contribution in [0.5, 0.6) is 5.75 Å². The van der Waals surface area contributed by atoms with Crippen LogP contribution in [0, 0.1) is 0 Å². The Morgan fingerprint density at radius 1 is 1.22 bits per heavy atom. The van der Waals surface area contributed by atoms with Gasteiger partial charge in [-0.25, -0.2) is 18.4 Å². The molecule has 0 bridgehead atoms. The zero-order valence-corrected chi connectivity index (χ0v) is 17.1. The first-order valence-corrected chi connectivity index (χ1v) is 10.6. The van der Waals surface area contributed by atoms with Crippen molar-refractivity contribution in [1.82, 2.24) is 0 Å². The number of esters is 1. The van der Waals surface area contributed by atoms with Crippen molar-refractivity contribution in [2.24, 2.45) is 5.14 Å². The zero-order chi connectivity index (χ0) is 20.0. The van der Waals surface area contributed by atoms with Crippen molar-refractivity contribution in [2.75, 3.05) is 24.7 Å². The van der Waals surface area contributed by atoms with E-state index in [1.54, 1.807) is 19.2 Å². The molecule has 2 aromatic carbocycles. The third-order valence-corrected chi connectivity index (χ3v) is 5.57. The standard InChI is InChI=1S/C17H19ClN2O5S2/c1-24-15-10-13(18)5-3-11(15)7-8-26-20-14-6-4-12(17(21)25-2)9-16(14)27(19,22)23/h3-6,9-10,20H,7-8H2,1-2H3,(H2,19,22,23). The summed E-state index contributed by atoms with van der Waals surface area (Å²) in [5.74, 6) is 0.672. The Bertz CT molecular complexity index is 935. The van der Waals surface area contributed by atoms with Crippen LogP contribution in [-0.2, 0) is 21.2 Å². The van der Waals surface area contributed by atoms with Crippen LogP contribution in [0.15, 0.2) is 41.3 Å². The van der Waals surface area contributed by atoms with E-state index < -0.39 is 16.0 Å². The number of aryl methyl sites for hydroxylation is 1. The van der Waals surface area contributed by atoms with Gasteiger partial charge in [0.1, 0.15) is 10.6 Å². The lowest BCUT2D eigenvalue weighted by molar-refractivity contribution is 0.0600. The molecule has 7 nitrogen and oxygen atoms in total. The Morgan fingerprint density at radius 2 is 1.96 bits per heavy atom. The van der Waals surface area contributed by atoms with Gasteiger partial charge in [0, 0.05) is 10.8 Å². The number of methoxy groups -OCH3 is 2. The molecular weight excluding hydrogens is 412 g/mol. The van der Waals surface area contributed by atoms with E-state index in [4.69, 9.17) is 21.5 Å². The first-order valence-electron chi connectivity index (χ1n) is 7.71. The molecule has 0 saturated heterocycles. The molecule has 0 saturated carbocycles. The highest BCUT2D eigenvalue weighted by atomic mass is 35.5. The smallest absolute Gasteiger partial charge is 0.337 e. The van der Waals surface area contributed by atoms with E-state index in [0.717, 1.165) is 5.56 Å². The summed E-state index contributed by atoms with van der Waals surface area (Å²) >= 11 is 7.24. The fourth-order valence-electron chi connectivity index (χ4n) is 2.30. The van der Waals surface area contributed by atoms with Crippen LogP contribution in [0.1, 0.15) is 15.9 Å². The molecule has 0 radical (unpaired) electrons. The fraction of sp³-hybridized carbons (Fsp3) is 0.235. The van der Waals surface area contributed by atoms with Crippen molar-refractivity contribution >= 4 is 45.2 Å². The highest BCUT2D eigenvalue weighted by molar-refractivity contribution is 8.00. The number of anilines is 1. The number of rotatable bonds is 8. The summed E-state index contributed by atoms with van der Waals surface area (Å²) in [4.78, 5) is 11.4. The van der Waals surface area contributed by atoms with Gasteiger partial charge < -0.3 is 14.2 Å². The van der Waals surface area contributed by atoms with Crippen molar-refractivity contribution < 1.29 is 22.7 Å². The zero-order valence-electron chi connectivity index (χ0n) is 14.7. The topological polar surface area (TPSA) is 108 Å². The number of benzene rings is 2. The molecular formula is C17H19ClN2O5S2. The molecule has 0 aliphatic carbocycles. The maximum absolute atomic E-state index is 11.8. The largest absolute Gasteiger partial charge is 0.496 e. The number of primary sulfonamides is 1. The van der Waals surface area contributed by atoms with E-state index in [-0.39, 0.29) is 10.5 Å². The Kier molecular flexibility index (Phi) is 7.37. The van der Waals surface area contributed by atoms with Crippen molar-refractivity contribution in [1.29, 1.82) is 0 Å². The number of halogens is 1. The molecule has 2 aromatic rings. The minimum absolute atomic E-state index is 0.1000. The predicted octanol–water partition coefficient (Wildman–Crippen LogP) is 3.09. The van der Waals surface area contributed by atoms with Gasteiger partial charge in [-0.2, -0.15) is 0 Å². The predicted molar refractivity (Wildman–Crippen MR) is 107 cm³/mol. The Labute approximate surface area is 167 Å². The van der Waals surface area contributed by atoms with E-state index in [1.165, 1.54) is 37.3 Å². The summed E-state index contributed by atoms with van der Waals surface area (Å²) in [6.07, 6.45) is 0.670. The summed E-state index contributed by atoms with van der Waals surface area (Å²) in [7, 11) is -1.24. The molecule has 0 heterocycles. The molecule has 0 atom stereocenters. The van der Waals surface area contributed by atoms with Crippen LogP contribution in [-0.4, -0.2) is 34.4 Å². The highest BCUT2D eigenvalue weighted by Crippen LogP contribution is 2.27. The summed E-state index contributed by atoms with van der Waals surface area (Å²) in [6.45, 7) is 0. The van der Waals surface area contributed by atoms with E-state index in [9.17, 15) is 13.2 Å². The second-order valence-electron chi connectivity index (χ2n) is 5.40. The number of ether oxygens (including phenoxy) is 2. The van der Waals surface area contributed by atoms with Crippen LogP contribution in [0.3, 0.4) is 0 Å². The van der Waals surface area contributed by atoms with E-state index >= 15 is 0 Å². The molecule has 0 amide bonds. The monoisotopic (exact) mass is 430 g/mol. The number of nitrogens with one attached hydrogen (secondary N) is 1. The number of hydrogen-bond acceptors (Lipinski definition) is 7. The first-order chi connectivity index (χ1) is 12.8. The third kappa shape index (κ3) is 5.77. The van der Waals surface area contributed by atoms with Gasteiger partial charge in [0.2, 0.25) is 10.0 Å². The van der Waals surface area contributed by atoms with Crippen LogP contribution in [0.25, 0.3) is 0 Å². The second-order valence-corrected chi connectivity index (χ2v) is 8.27. The van der Waals surface area contributed by atoms with Gasteiger partial charge in [-0.15, -0.1) is 0 Å². The van der Waals surface area contributed by atoms with Gasteiger partial charge in [-0.05, 0) is 42.3 Å². The highest BCUT2D eigenvalue weighted by Gasteiger charge is 2.18. The van der Waals surface area contributed by atoms with Gasteiger partial charge in [0.15, 0.2) is 0 Å². The average molecular weight is 431 g/mol. The molecule has 146 valence electrons. The van der Waals surface area contributed by atoms with Crippen molar-refractivity contribution in [3.63, 3.8) is 0 Å². The maximum atomic E-state index is 11.8.